The largest absolute Gasteiger partial charge is 0.457 e. The predicted octanol–water partition coefficient (Wildman–Crippen LogP) is -0.0706. The van der Waals surface area contributed by atoms with Gasteiger partial charge < -0.3 is 15.4 Å². The molecule has 0 aliphatic carbocycles. The Bertz CT molecular complexity index is 291. The molecule has 13 heavy (non-hydrogen) atoms. The lowest BCUT2D eigenvalue weighted by Crippen LogP contribution is -2.38. The van der Waals surface area contributed by atoms with Crippen molar-refractivity contribution in [3.8, 4) is 0 Å². The molecule has 3 N–H and O–H groups in total. The second kappa shape index (κ2) is 5.18. The average Bonchev–Trinajstić information content (AvgIpc) is 2.11. The van der Waals surface area contributed by atoms with Crippen molar-refractivity contribution >= 4 is 11.9 Å². The molecule has 5 nitrogen and oxygen atoms in total. The van der Waals surface area contributed by atoms with Crippen LogP contribution in [0.15, 0.2) is 12.7 Å². The van der Waals surface area contributed by atoms with Crippen molar-refractivity contribution < 1.29 is 13.6 Å². The molecule has 0 heterocycles. The van der Waals surface area contributed by atoms with Crippen LogP contribution in [0.1, 0.15) is 11.0 Å². The maximum Gasteiger partial charge on any atom is 0.326 e. The predicted molar refractivity (Wildman–Crippen MR) is 50.3 cm³/mol. The summed E-state index contributed by atoms with van der Waals surface area (Å²) in [5.74, 6) is -1.48. The summed E-state index contributed by atoms with van der Waals surface area (Å²) in [6, 6.07) is 0. The van der Waals surface area contributed by atoms with Crippen molar-refractivity contribution in [2.24, 2.45) is 5.73 Å². The first-order valence-corrected chi connectivity index (χ1v) is 3.62. The van der Waals surface area contributed by atoms with Gasteiger partial charge in [0, 0.05) is 11.1 Å². The minimum Gasteiger partial charge on any atom is -0.457 e. The number of rotatable bonds is 4. The summed E-state index contributed by atoms with van der Waals surface area (Å²) in [4.78, 5) is 11.7. The molecule has 0 radical (unpaired) electrons. The molecule has 0 saturated heterocycles. The molecule has 0 aromatic rings. The van der Waals surface area contributed by atoms with Gasteiger partial charge in [0.25, 0.3) is 0 Å². The van der Waals surface area contributed by atoms with E-state index in [0.717, 1.165) is 0 Å². The Kier molecular flexibility index (Phi) is 2.77. The highest BCUT2D eigenvalue weighted by Crippen LogP contribution is 1.93. The van der Waals surface area contributed by atoms with Crippen LogP contribution in [-0.4, -0.2) is 36.5 Å². The number of esters is 1. The van der Waals surface area contributed by atoms with Crippen molar-refractivity contribution in [1.82, 2.24) is 4.90 Å². The van der Waals surface area contributed by atoms with Gasteiger partial charge in [0.1, 0.15) is 12.6 Å². The number of hydrogen-bond donors (Lipinski definition) is 2. The fraction of sp³-hybridized carbons (Fsp3) is 0.500. The van der Waals surface area contributed by atoms with Crippen LogP contribution in [-0.2, 0) is 9.53 Å². The third kappa shape index (κ3) is 4.84. The summed E-state index contributed by atoms with van der Waals surface area (Å²) in [6.45, 7) is 1.76. The minimum atomic E-state index is -2.64. The summed E-state index contributed by atoms with van der Waals surface area (Å²) < 4.78 is 25.9. The van der Waals surface area contributed by atoms with Gasteiger partial charge in [-0.1, -0.05) is 12.7 Å². The fourth-order valence-electron chi connectivity index (χ4n) is 0.507. The second-order valence-corrected chi connectivity index (χ2v) is 2.40. The van der Waals surface area contributed by atoms with Gasteiger partial charge in [-0.2, -0.15) is 0 Å². The van der Waals surface area contributed by atoms with Gasteiger partial charge in [0.2, 0.25) is 0 Å². The number of ether oxygens (including phenoxy) is 1. The van der Waals surface area contributed by atoms with Crippen LogP contribution < -0.4 is 5.73 Å². The normalized spacial score (nSPS) is 15.9. The molecule has 0 bridgehead atoms. The molecule has 0 amide bonds. The van der Waals surface area contributed by atoms with Crippen molar-refractivity contribution in [3.05, 3.63) is 12.7 Å². The van der Waals surface area contributed by atoms with E-state index in [2.05, 4.69) is 6.58 Å². The Morgan fingerprint density at radius 3 is 3.00 bits per heavy atom. The third-order valence-corrected chi connectivity index (χ3v) is 1.23. The molecule has 1 unspecified atom stereocenters. The lowest BCUT2D eigenvalue weighted by Gasteiger charge is -2.16. The Morgan fingerprint density at radius 2 is 2.62 bits per heavy atom. The zero-order valence-electron chi connectivity index (χ0n) is 10.4. The number of nitrogens with two attached hydrogens (primary N) is 1. The van der Waals surface area contributed by atoms with E-state index in [0.29, 0.717) is 4.90 Å². The average molecular weight is 188 g/mol. The molecule has 0 aromatic carbocycles. The fourth-order valence-corrected chi connectivity index (χ4v) is 0.507. The first-order chi connectivity index (χ1) is 7.18. The maximum absolute atomic E-state index is 11.3. The van der Waals surface area contributed by atoms with Crippen molar-refractivity contribution in [2.75, 3.05) is 13.5 Å². The highest BCUT2D eigenvalue weighted by Gasteiger charge is 2.10. The van der Waals surface area contributed by atoms with Crippen LogP contribution >= 0.6 is 0 Å². The van der Waals surface area contributed by atoms with Crippen molar-refractivity contribution in [3.63, 3.8) is 0 Å². The number of hydrogen-bond acceptors (Lipinski definition) is 3. The van der Waals surface area contributed by atoms with Gasteiger partial charge in [0.15, 0.2) is 5.96 Å². The standard InChI is InChI=1S/C8H15N3O2/c1-4-6(2)13-7(12)5-11(3)8(9)10/h4,6H,1,5H2,2-3H3,(H3,9,10)/i3D3. The second-order valence-electron chi connectivity index (χ2n) is 2.40. The monoisotopic (exact) mass is 188 g/mol. The number of guanidine groups is 1. The first-order valence-electron chi connectivity index (χ1n) is 5.12. The third-order valence-electron chi connectivity index (χ3n) is 1.23. The molecule has 1 atom stereocenters. The highest BCUT2D eigenvalue weighted by molar-refractivity contribution is 5.81. The van der Waals surface area contributed by atoms with Crippen LogP contribution in [0.4, 0.5) is 0 Å². The van der Waals surface area contributed by atoms with Gasteiger partial charge >= 0.3 is 5.97 Å². The van der Waals surface area contributed by atoms with Gasteiger partial charge in [0.05, 0.1) is 0 Å². The number of carbonyl (C=O) groups excluding carboxylic acids is 1. The van der Waals surface area contributed by atoms with Crippen molar-refractivity contribution in [2.45, 2.75) is 13.0 Å². The van der Waals surface area contributed by atoms with Crippen LogP contribution in [0.5, 0.6) is 0 Å². The summed E-state index contributed by atoms with van der Waals surface area (Å²) in [5, 5.41) is 7.04. The summed E-state index contributed by atoms with van der Waals surface area (Å²) in [5.41, 5.74) is 5.06. The summed E-state index contributed by atoms with van der Waals surface area (Å²) in [6.07, 6.45) is 0.878. The van der Waals surface area contributed by atoms with Gasteiger partial charge in [-0.3, -0.25) is 10.2 Å². The van der Waals surface area contributed by atoms with E-state index < -0.39 is 31.6 Å². The quantitative estimate of drug-likeness (QED) is 0.280. The van der Waals surface area contributed by atoms with Crippen LogP contribution in [0.3, 0.4) is 0 Å². The Hall–Kier alpha value is -1.52. The molecule has 0 fully saturated rings. The molecule has 5 heteroatoms. The Morgan fingerprint density at radius 1 is 2.00 bits per heavy atom. The Labute approximate surface area is 81.9 Å². The van der Waals surface area contributed by atoms with E-state index in [9.17, 15) is 4.79 Å². The van der Waals surface area contributed by atoms with E-state index in [1.54, 1.807) is 6.92 Å². The number of nitrogens with zero attached hydrogens (tertiary/aromatic N) is 1. The molecular weight excluding hydrogens is 170 g/mol. The zero-order chi connectivity index (χ0) is 12.9. The summed E-state index contributed by atoms with van der Waals surface area (Å²) >= 11 is 0. The number of likely N-dealkylation sites (N-methyl/N-ethyl adjacent to an activating group) is 1. The molecule has 0 aliphatic heterocycles. The van der Waals surface area contributed by atoms with Crippen LogP contribution in [0.2, 0.25) is 0 Å². The van der Waals surface area contributed by atoms with Gasteiger partial charge in [-0.15, -0.1) is 0 Å². The van der Waals surface area contributed by atoms with E-state index in [1.165, 1.54) is 6.08 Å². The van der Waals surface area contributed by atoms with Gasteiger partial charge in [-0.25, -0.2) is 0 Å². The Balaban J connectivity index is 4.48. The van der Waals surface area contributed by atoms with E-state index >= 15 is 0 Å². The smallest absolute Gasteiger partial charge is 0.326 e. The van der Waals surface area contributed by atoms with Crippen LogP contribution in [0, 0.1) is 5.41 Å². The SMILES string of the molecule is [2H]C([2H])([2H])N(CC(=O)OC(C)C=C)C(=N)N. The topological polar surface area (TPSA) is 79.4 Å². The zero-order valence-corrected chi connectivity index (χ0v) is 7.41. The lowest BCUT2D eigenvalue weighted by molar-refractivity contribution is -0.146. The molecule has 0 aliphatic rings. The summed E-state index contributed by atoms with van der Waals surface area (Å²) in [7, 11) is 0. The maximum atomic E-state index is 11.3. The van der Waals surface area contributed by atoms with Crippen LogP contribution in [0.25, 0.3) is 0 Å². The van der Waals surface area contributed by atoms with Gasteiger partial charge in [-0.05, 0) is 6.92 Å². The highest BCUT2D eigenvalue weighted by atomic mass is 16.5. The lowest BCUT2D eigenvalue weighted by atomic mass is 10.4. The van der Waals surface area contributed by atoms with E-state index in [-0.39, 0.29) is 0 Å². The van der Waals surface area contributed by atoms with E-state index in [4.69, 9.17) is 20.0 Å². The molecule has 0 spiro atoms. The van der Waals surface area contributed by atoms with Crippen molar-refractivity contribution in [1.29, 1.82) is 5.41 Å². The molecule has 74 valence electrons. The molecule has 0 aromatic heterocycles. The molecule has 0 rings (SSSR count). The first kappa shape index (κ1) is 6.94. The van der Waals surface area contributed by atoms with E-state index in [1.807, 2.05) is 0 Å². The minimum absolute atomic E-state index is 0.477. The molecule has 0 saturated carbocycles. The number of nitrogens with one attached hydrogen (secondary N) is 1. The number of carbonyl (C=O) groups is 1. The molecular formula is C8H15N3O2.